The average molecular weight is 246 g/mol. The van der Waals surface area contributed by atoms with Gasteiger partial charge < -0.3 is 4.74 Å². The van der Waals surface area contributed by atoms with Gasteiger partial charge in [0.05, 0.1) is 6.07 Å². The summed E-state index contributed by atoms with van der Waals surface area (Å²) in [5, 5.41) is 11.9. The van der Waals surface area contributed by atoms with E-state index in [2.05, 4.69) is 11.4 Å². The maximum Gasteiger partial charge on any atom is 0.409 e. The SMILES string of the molecule is CC(C)(C)OC(=O)N[C@@](C)(C#N)c1ccccc1. The molecule has 0 aliphatic rings. The van der Waals surface area contributed by atoms with E-state index >= 15 is 0 Å². The lowest BCUT2D eigenvalue weighted by Gasteiger charge is -2.26. The third-order valence-electron chi connectivity index (χ3n) is 2.33. The first kappa shape index (κ1) is 14.0. The summed E-state index contributed by atoms with van der Waals surface area (Å²) in [5.41, 5.74) is -0.959. The largest absolute Gasteiger partial charge is 0.444 e. The molecule has 4 heteroatoms. The maximum absolute atomic E-state index is 11.7. The van der Waals surface area contributed by atoms with E-state index in [9.17, 15) is 10.1 Å². The topological polar surface area (TPSA) is 62.1 Å². The summed E-state index contributed by atoms with van der Waals surface area (Å²) in [6, 6.07) is 11.2. The summed E-state index contributed by atoms with van der Waals surface area (Å²) in [6.07, 6.45) is -0.601. The normalized spacial score (nSPS) is 14.2. The molecule has 0 bridgehead atoms. The Balaban J connectivity index is 2.86. The van der Waals surface area contributed by atoms with E-state index in [0.717, 1.165) is 5.56 Å². The van der Waals surface area contributed by atoms with Crippen LogP contribution in [-0.4, -0.2) is 11.7 Å². The van der Waals surface area contributed by atoms with Crippen molar-refractivity contribution in [2.24, 2.45) is 0 Å². The highest BCUT2D eigenvalue weighted by Crippen LogP contribution is 2.20. The van der Waals surface area contributed by atoms with E-state index in [-0.39, 0.29) is 0 Å². The molecule has 18 heavy (non-hydrogen) atoms. The Morgan fingerprint density at radius 3 is 2.22 bits per heavy atom. The zero-order chi connectivity index (χ0) is 13.8. The number of alkyl carbamates (subject to hydrolysis) is 1. The second-order valence-electron chi connectivity index (χ2n) is 5.23. The minimum Gasteiger partial charge on any atom is -0.444 e. The number of carbonyl (C=O) groups is 1. The molecule has 1 atom stereocenters. The van der Waals surface area contributed by atoms with Gasteiger partial charge in [-0.3, -0.25) is 5.32 Å². The Bertz CT molecular complexity index is 457. The Labute approximate surface area is 108 Å². The highest BCUT2D eigenvalue weighted by atomic mass is 16.6. The number of hydrogen-bond acceptors (Lipinski definition) is 3. The second kappa shape index (κ2) is 5.09. The molecule has 0 radical (unpaired) electrons. The second-order valence-corrected chi connectivity index (χ2v) is 5.23. The number of nitrogens with one attached hydrogen (secondary N) is 1. The predicted octanol–water partition coefficient (Wildman–Crippen LogP) is 2.95. The van der Waals surface area contributed by atoms with Crippen molar-refractivity contribution in [3.63, 3.8) is 0 Å². The van der Waals surface area contributed by atoms with E-state index in [0.29, 0.717) is 0 Å². The molecule has 1 aromatic rings. The zero-order valence-electron chi connectivity index (χ0n) is 11.2. The molecule has 0 aliphatic carbocycles. The molecular formula is C14H18N2O2. The van der Waals surface area contributed by atoms with Gasteiger partial charge in [-0.2, -0.15) is 5.26 Å². The van der Waals surface area contributed by atoms with Crippen molar-refractivity contribution in [2.45, 2.75) is 38.8 Å². The van der Waals surface area contributed by atoms with Crippen LogP contribution in [0, 0.1) is 11.3 Å². The molecule has 1 aromatic carbocycles. The molecule has 0 fully saturated rings. The quantitative estimate of drug-likeness (QED) is 0.872. The molecule has 0 aromatic heterocycles. The summed E-state index contributed by atoms with van der Waals surface area (Å²) in [6.45, 7) is 6.97. The van der Waals surface area contributed by atoms with Crippen molar-refractivity contribution in [3.8, 4) is 6.07 Å². The van der Waals surface area contributed by atoms with Crippen LogP contribution in [0.4, 0.5) is 4.79 Å². The van der Waals surface area contributed by atoms with Crippen molar-refractivity contribution in [2.75, 3.05) is 0 Å². The fraction of sp³-hybridized carbons (Fsp3) is 0.429. The zero-order valence-corrected chi connectivity index (χ0v) is 11.2. The Hall–Kier alpha value is -2.02. The third kappa shape index (κ3) is 3.77. The fourth-order valence-corrected chi connectivity index (χ4v) is 1.44. The van der Waals surface area contributed by atoms with Gasteiger partial charge in [0.2, 0.25) is 0 Å². The molecule has 0 unspecified atom stereocenters. The van der Waals surface area contributed by atoms with Crippen LogP contribution in [-0.2, 0) is 10.3 Å². The van der Waals surface area contributed by atoms with E-state index < -0.39 is 17.2 Å². The van der Waals surface area contributed by atoms with E-state index in [1.54, 1.807) is 39.8 Å². The average Bonchev–Trinajstić information content (AvgIpc) is 2.27. The molecule has 0 heterocycles. The lowest BCUT2D eigenvalue weighted by molar-refractivity contribution is 0.0485. The highest BCUT2D eigenvalue weighted by Gasteiger charge is 2.30. The van der Waals surface area contributed by atoms with Crippen LogP contribution in [0.1, 0.15) is 33.3 Å². The standard InChI is InChI=1S/C14H18N2O2/c1-13(2,3)18-12(17)16-14(4,10-15)11-8-6-5-7-9-11/h5-9H,1-4H3,(H,16,17)/t14-/m0/s1. The number of nitrogens with zero attached hydrogens (tertiary/aromatic N) is 1. The van der Waals surface area contributed by atoms with Crippen LogP contribution >= 0.6 is 0 Å². The van der Waals surface area contributed by atoms with Gasteiger partial charge >= 0.3 is 6.09 Å². The molecule has 1 N–H and O–H groups in total. The van der Waals surface area contributed by atoms with Crippen LogP contribution in [0.5, 0.6) is 0 Å². The summed E-state index contributed by atoms with van der Waals surface area (Å²) in [7, 11) is 0. The molecule has 1 amide bonds. The fourth-order valence-electron chi connectivity index (χ4n) is 1.44. The van der Waals surface area contributed by atoms with Gasteiger partial charge in [-0.05, 0) is 33.3 Å². The van der Waals surface area contributed by atoms with E-state index in [1.165, 1.54) is 0 Å². The van der Waals surface area contributed by atoms with Crippen molar-refractivity contribution in [1.29, 1.82) is 5.26 Å². The summed E-state index contributed by atoms with van der Waals surface area (Å²) in [4.78, 5) is 11.7. The number of rotatable bonds is 2. The van der Waals surface area contributed by atoms with Crippen molar-refractivity contribution in [1.82, 2.24) is 5.32 Å². The smallest absolute Gasteiger partial charge is 0.409 e. The predicted molar refractivity (Wildman–Crippen MR) is 68.8 cm³/mol. The number of hydrogen-bond donors (Lipinski definition) is 1. The van der Waals surface area contributed by atoms with Gasteiger partial charge in [-0.15, -0.1) is 0 Å². The Kier molecular flexibility index (Phi) is 3.97. The van der Waals surface area contributed by atoms with Crippen molar-refractivity contribution in [3.05, 3.63) is 35.9 Å². The maximum atomic E-state index is 11.7. The molecule has 1 rings (SSSR count). The number of carbonyl (C=O) groups excluding carboxylic acids is 1. The molecule has 4 nitrogen and oxygen atoms in total. The monoisotopic (exact) mass is 246 g/mol. The van der Waals surface area contributed by atoms with Gasteiger partial charge in [0.15, 0.2) is 5.54 Å². The van der Waals surface area contributed by atoms with Crippen LogP contribution in [0.15, 0.2) is 30.3 Å². The van der Waals surface area contributed by atoms with E-state index in [4.69, 9.17) is 4.74 Å². The molecular weight excluding hydrogens is 228 g/mol. The molecule has 0 saturated carbocycles. The Morgan fingerprint density at radius 1 is 1.22 bits per heavy atom. The summed E-state index contributed by atoms with van der Waals surface area (Å²) in [5.74, 6) is 0. The highest BCUT2D eigenvalue weighted by molar-refractivity contribution is 5.70. The van der Waals surface area contributed by atoms with Crippen LogP contribution in [0.25, 0.3) is 0 Å². The van der Waals surface area contributed by atoms with Gasteiger partial charge in [-0.1, -0.05) is 30.3 Å². The summed E-state index contributed by atoms with van der Waals surface area (Å²) >= 11 is 0. The first-order valence-electron chi connectivity index (χ1n) is 5.75. The minimum absolute atomic E-state index is 0.586. The molecule has 0 spiro atoms. The van der Waals surface area contributed by atoms with Crippen LogP contribution < -0.4 is 5.32 Å². The number of nitriles is 1. The van der Waals surface area contributed by atoms with Gasteiger partial charge in [0.1, 0.15) is 5.60 Å². The lowest BCUT2D eigenvalue weighted by Crippen LogP contribution is -2.44. The first-order chi connectivity index (χ1) is 8.27. The Morgan fingerprint density at radius 2 is 1.78 bits per heavy atom. The number of ether oxygens (including phenoxy) is 1. The third-order valence-corrected chi connectivity index (χ3v) is 2.33. The first-order valence-corrected chi connectivity index (χ1v) is 5.75. The van der Waals surface area contributed by atoms with Gasteiger partial charge in [0, 0.05) is 0 Å². The molecule has 96 valence electrons. The van der Waals surface area contributed by atoms with Crippen LogP contribution in [0.3, 0.4) is 0 Å². The van der Waals surface area contributed by atoms with Crippen LogP contribution in [0.2, 0.25) is 0 Å². The van der Waals surface area contributed by atoms with Gasteiger partial charge in [0.25, 0.3) is 0 Å². The van der Waals surface area contributed by atoms with Crippen molar-refractivity contribution < 1.29 is 9.53 Å². The minimum atomic E-state index is -1.09. The molecule has 0 saturated heterocycles. The summed E-state index contributed by atoms with van der Waals surface area (Å²) < 4.78 is 5.16. The van der Waals surface area contributed by atoms with Crippen molar-refractivity contribution >= 4 is 6.09 Å². The number of benzene rings is 1. The molecule has 0 aliphatic heterocycles. The van der Waals surface area contributed by atoms with Gasteiger partial charge in [-0.25, -0.2) is 4.79 Å². The number of amides is 1. The lowest BCUT2D eigenvalue weighted by atomic mass is 9.94. The van der Waals surface area contributed by atoms with E-state index in [1.807, 2.05) is 18.2 Å².